The number of hydrogen-bond donors (Lipinski definition) is 1. The lowest BCUT2D eigenvalue weighted by atomic mass is 10.1. The van der Waals surface area contributed by atoms with Crippen LogP contribution in [-0.4, -0.2) is 22.9 Å². The number of rotatable bonds is 4. The third-order valence-corrected chi connectivity index (χ3v) is 3.34. The maximum Gasteiger partial charge on any atom is 0.248 e. The minimum atomic E-state index is -0.369. The van der Waals surface area contributed by atoms with Gasteiger partial charge in [0, 0.05) is 13.0 Å². The molecule has 2 heterocycles. The summed E-state index contributed by atoms with van der Waals surface area (Å²) in [6.07, 6.45) is 3.09. The lowest BCUT2D eigenvalue weighted by Gasteiger charge is -2.06. The van der Waals surface area contributed by atoms with Gasteiger partial charge >= 0.3 is 0 Å². The van der Waals surface area contributed by atoms with Gasteiger partial charge in [-0.3, -0.25) is 0 Å². The molecule has 1 saturated heterocycles. The topological polar surface area (TPSA) is 74.2 Å². The molecule has 1 aromatic heterocycles. The average molecular weight is 259 g/mol. The molecular weight excluding hydrogens is 242 g/mol. The van der Waals surface area contributed by atoms with Crippen molar-refractivity contribution in [2.45, 2.75) is 31.4 Å². The fraction of sp³-hybridized carbons (Fsp3) is 0.429. The van der Waals surface area contributed by atoms with Crippen molar-refractivity contribution in [2.24, 2.45) is 5.73 Å². The summed E-state index contributed by atoms with van der Waals surface area (Å²) in [7, 11) is 0. The van der Waals surface area contributed by atoms with E-state index in [0.29, 0.717) is 18.1 Å². The maximum absolute atomic E-state index is 6.11. The number of benzene rings is 1. The SMILES string of the molecule is NC(c1ccccc1)c1nc(CC2CCCO2)no1. The molecule has 1 aromatic carbocycles. The van der Waals surface area contributed by atoms with Crippen molar-refractivity contribution in [3.63, 3.8) is 0 Å². The van der Waals surface area contributed by atoms with Crippen molar-refractivity contribution in [1.82, 2.24) is 10.1 Å². The van der Waals surface area contributed by atoms with Crippen molar-refractivity contribution in [2.75, 3.05) is 6.61 Å². The predicted octanol–water partition coefficient (Wildman–Crippen LogP) is 1.84. The van der Waals surface area contributed by atoms with Crippen LogP contribution >= 0.6 is 0 Å². The van der Waals surface area contributed by atoms with Crippen LogP contribution in [-0.2, 0) is 11.2 Å². The molecule has 2 N–H and O–H groups in total. The van der Waals surface area contributed by atoms with E-state index in [0.717, 1.165) is 25.0 Å². The van der Waals surface area contributed by atoms with Crippen LogP contribution in [0, 0.1) is 0 Å². The largest absolute Gasteiger partial charge is 0.378 e. The first-order chi connectivity index (χ1) is 9.33. The van der Waals surface area contributed by atoms with Gasteiger partial charge in [-0.15, -0.1) is 0 Å². The lowest BCUT2D eigenvalue weighted by molar-refractivity contribution is 0.109. The van der Waals surface area contributed by atoms with Crippen LogP contribution in [0.25, 0.3) is 0 Å². The molecule has 0 spiro atoms. The Morgan fingerprint density at radius 2 is 2.16 bits per heavy atom. The minimum absolute atomic E-state index is 0.221. The van der Waals surface area contributed by atoms with E-state index >= 15 is 0 Å². The van der Waals surface area contributed by atoms with E-state index in [-0.39, 0.29) is 12.1 Å². The summed E-state index contributed by atoms with van der Waals surface area (Å²) >= 11 is 0. The lowest BCUT2D eigenvalue weighted by Crippen LogP contribution is -2.13. The van der Waals surface area contributed by atoms with Gasteiger partial charge in [-0.05, 0) is 18.4 Å². The minimum Gasteiger partial charge on any atom is -0.378 e. The van der Waals surface area contributed by atoms with Gasteiger partial charge in [-0.1, -0.05) is 35.5 Å². The van der Waals surface area contributed by atoms with E-state index in [2.05, 4.69) is 10.1 Å². The van der Waals surface area contributed by atoms with E-state index in [1.807, 2.05) is 30.3 Å². The van der Waals surface area contributed by atoms with Crippen molar-refractivity contribution in [3.8, 4) is 0 Å². The first-order valence-corrected chi connectivity index (χ1v) is 6.57. The number of nitrogens with zero attached hydrogens (tertiary/aromatic N) is 2. The molecule has 0 bridgehead atoms. The Kier molecular flexibility index (Phi) is 3.57. The number of nitrogens with two attached hydrogens (primary N) is 1. The monoisotopic (exact) mass is 259 g/mol. The molecule has 5 nitrogen and oxygen atoms in total. The quantitative estimate of drug-likeness (QED) is 0.906. The zero-order valence-electron chi connectivity index (χ0n) is 10.7. The van der Waals surface area contributed by atoms with Crippen molar-refractivity contribution < 1.29 is 9.26 Å². The van der Waals surface area contributed by atoms with Crippen molar-refractivity contribution >= 4 is 0 Å². The Balaban J connectivity index is 1.70. The van der Waals surface area contributed by atoms with E-state index in [1.165, 1.54) is 0 Å². The molecule has 5 heteroatoms. The molecule has 0 amide bonds. The van der Waals surface area contributed by atoms with Crippen molar-refractivity contribution in [1.29, 1.82) is 0 Å². The zero-order valence-corrected chi connectivity index (χ0v) is 10.7. The number of ether oxygens (including phenoxy) is 1. The van der Waals surface area contributed by atoms with Gasteiger partial charge in [-0.2, -0.15) is 4.98 Å². The van der Waals surface area contributed by atoms with Crippen LogP contribution in [0.3, 0.4) is 0 Å². The summed E-state index contributed by atoms with van der Waals surface area (Å²) in [5.41, 5.74) is 7.08. The Morgan fingerprint density at radius 1 is 1.32 bits per heavy atom. The van der Waals surface area contributed by atoms with E-state index in [4.69, 9.17) is 15.0 Å². The highest BCUT2D eigenvalue weighted by Crippen LogP contribution is 2.19. The molecule has 3 rings (SSSR count). The third-order valence-electron chi connectivity index (χ3n) is 3.34. The standard InChI is InChI=1S/C14H17N3O2/c15-13(10-5-2-1-3-6-10)14-16-12(17-19-14)9-11-7-4-8-18-11/h1-3,5-6,11,13H,4,7-9,15H2. The summed E-state index contributed by atoms with van der Waals surface area (Å²) in [5.74, 6) is 1.13. The fourth-order valence-electron chi connectivity index (χ4n) is 2.29. The van der Waals surface area contributed by atoms with Crippen LogP contribution in [0.5, 0.6) is 0 Å². The Morgan fingerprint density at radius 3 is 2.89 bits per heavy atom. The molecule has 2 unspecified atom stereocenters. The molecule has 2 atom stereocenters. The molecule has 1 aliphatic heterocycles. The molecule has 1 fully saturated rings. The summed E-state index contributed by atoms with van der Waals surface area (Å²) < 4.78 is 10.8. The molecule has 0 aliphatic carbocycles. The molecule has 100 valence electrons. The Labute approximate surface area is 111 Å². The smallest absolute Gasteiger partial charge is 0.248 e. The molecular formula is C14H17N3O2. The van der Waals surface area contributed by atoms with Gasteiger partial charge in [0.2, 0.25) is 5.89 Å². The zero-order chi connectivity index (χ0) is 13.1. The van der Waals surface area contributed by atoms with Gasteiger partial charge in [0.25, 0.3) is 0 Å². The summed E-state index contributed by atoms with van der Waals surface area (Å²) in [6.45, 7) is 0.832. The fourth-order valence-corrected chi connectivity index (χ4v) is 2.29. The maximum atomic E-state index is 6.11. The summed E-state index contributed by atoms with van der Waals surface area (Å²) in [4.78, 5) is 4.37. The Bertz CT molecular complexity index is 520. The van der Waals surface area contributed by atoms with Gasteiger partial charge in [0.05, 0.1) is 6.10 Å². The second-order valence-corrected chi connectivity index (χ2v) is 4.78. The Hall–Kier alpha value is -1.72. The highest BCUT2D eigenvalue weighted by Gasteiger charge is 2.21. The second kappa shape index (κ2) is 5.50. The van der Waals surface area contributed by atoms with Crippen LogP contribution in [0.1, 0.15) is 36.2 Å². The second-order valence-electron chi connectivity index (χ2n) is 4.78. The number of hydrogen-bond acceptors (Lipinski definition) is 5. The molecule has 2 aromatic rings. The average Bonchev–Trinajstić information content (AvgIpc) is 3.11. The highest BCUT2D eigenvalue weighted by molar-refractivity contribution is 5.22. The van der Waals surface area contributed by atoms with Crippen LogP contribution in [0.4, 0.5) is 0 Å². The normalized spacial score (nSPS) is 20.6. The van der Waals surface area contributed by atoms with E-state index in [9.17, 15) is 0 Å². The van der Waals surface area contributed by atoms with Gasteiger partial charge < -0.3 is 15.0 Å². The first-order valence-electron chi connectivity index (χ1n) is 6.57. The number of aromatic nitrogens is 2. The molecule has 1 aliphatic rings. The van der Waals surface area contributed by atoms with Gasteiger partial charge in [0.15, 0.2) is 5.82 Å². The first kappa shape index (κ1) is 12.3. The predicted molar refractivity (Wildman–Crippen MR) is 69.4 cm³/mol. The molecule has 0 saturated carbocycles. The van der Waals surface area contributed by atoms with Crippen LogP contribution in [0.2, 0.25) is 0 Å². The van der Waals surface area contributed by atoms with Crippen molar-refractivity contribution in [3.05, 3.63) is 47.6 Å². The summed E-state index contributed by atoms with van der Waals surface area (Å²) in [5, 5.41) is 3.98. The van der Waals surface area contributed by atoms with Gasteiger partial charge in [0.1, 0.15) is 6.04 Å². The van der Waals surface area contributed by atoms with Crippen LogP contribution in [0.15, 0.2) is 34.9 Å². The highest BCUT2D eigenvalue weighted by atomic mass is 16.5. The van der Waals surface area contributed by atoms with E-state index < -0.39 is 0 Å². The third kappa shape index (κ3) is 2.83. The van der Waals surface area contributed by atoms with E-state index in [1.54, 1.807) is 0 Å². The molecule has 0 radical (unpaired) electrons. The molecule has 19 heavy (non-hydrogen) atoms. The van der Waals surface area contributed by atoms with Gasteiger partial charge in [-0.25, -0.2) is 0 Å². The van der Waals surface area contributed by atoms with Crippen LogP contribution < -0.4 is 5.73 Å². The summed E-state index contributed by atoms with van der Waals surface area (Å²) in [6, 6.07) is 9.38.